The lowest BCUT2D eigenvalue weighted by atomic mass is 9.86. The molecular weight excluding hydrogens is 330 g/mol. The van der Waals surface area contributed by atoms with E-state index in [1.54, 1.807) is 6.07 Å². The molecule has 2 atom stereocenters. The summed E-state index contributed by atoms with van der Waals surface area (Å²) in [6, 6.07) is 5.68. The highest BCUT2D eigenvalue weighted by atomic mass is 16.5. The normalized spacial score (nSPS) is 19.7. The number of amides is 1. The Balaban J connectivity index is 1.70. The summed E-state index contributed by atoms with van der Waals surface area (Å²) in [6.45, 7) is 5.79. The number of benzene rings is 1. The SMILES string of the molecule is Cc1ccc(C(=O)CCC(=O)OCC(=O)N[C@@H]2CCCC[C@H]2C)cc1C. The molecule has 2 rings (SSSR count). The van der Waals surface area contributed by atoms with E-state index in [4.69, 9.17) is 4.74 Å². The molecule has 0 heterocycles. The van der Waals surface area contributed by atoms with Crippen LogP contribution in [0.3, 0.4) is 0 Å². The number of esters is 1. The Morgan fingerprint density at radius 1 is 1.08 bits per heavy atom. The molecule has 5 nitrogen and oxygen atoms in total. The maximum atomic E-state index is 12.2. The third-order valence-corrected chi connectivity index (χ3v) is 5.21. The van der Waals surface area contributed by atoms with Crippen molar-refractivity contribution in [3.05, 3.63) is 34.9 Å². The molecule has 0 spiro atoms. The number of Topliss-reactive ketones (excluding diaryl/α,β-unsaturated/α-hetero) is 1. The molecule has 1 aromatic rings. The van der Waals surface area contributed by atoms with Crippen LogP contribution in [0.25, 0.3) is 0 Å². The standard InChI is InChI=1S/C21H29NO4/c1-14-8-9-17(12-16(14)3)19(23)10-11-21(25)26-13-20(24)22-18-7-5-4-6-15(18)2/h8-9,12,15,18H,4-7,10-11,13H2,1-3H3,(H,22,24)/t15-,18-/m1/s1. The zero-order valence-corrected chi connectivity index (χ0v) is 16.0. The maximum absolute atomic E-state index is 12.2. The summed E-state index contributed by atoms with van der Waals surface area (Å²) in [5, 5.41) is 2.94. The monoisotopic (exact) mass is 359 g/mol. The molecule has 5 heteroatoms. The number of carbonyl (C=O) groups is 3. The van der Waals surface area contributed by atoms with E-state index in [1.807, 2.05) is 26.0 Å². The van der Waals surface area contributed by atoms with Crippen LogP contribution in [-0.2, 0) is 14.3 Å². The Labute approximate surface area is 155 Å². The summed E-state index contributed by atoms with van der Waals surface area (Å²) in [5.74, 6) is -0.420. The van der Waals surface area contributed by atoms with Crippen molar-refractivity contribution in [1.82, 2.24) is 5.32 Å². The van der Waals surface area contributed by atoms with E-state index in [9.17, 15) is 14.4 Å². The summed E-state index contributed by atoms with van der Waals surface area (Å²) >= 11 is 0. The maximum Gasteiger partial charge on any atom is 0.306 e. The van der Waals surface area contributed by atoms with Gasteiger partial charge in [0.2, 0.25) is 0 Å². The van der Waals surface area contributed by atoms with Gasteiger partial charge >= 0.3 is 5.97 Å². The summed E-state index contributed by atoms with van der Waals surface area (Å²) in [7, 11) is 0. The van der Waals surface area contributed by atoms with Crippen LogP contribution < -0.4 is 5.32 Å². The van der Waals surface area contributed by atoms with Crippen LogP contribution in [0.15, 0.2) is 18.2 Å². The third kappa shape index (κ3) is 5.97. The number of hydrogen-bond acceptors (Lipinski definition) is 4. The average molecular weight is 359 g/mol. The first-order valence-electron chi connectivity index (χ1n) is 9.42. The number of aryl methyl sites for hydroxylation is 2. The van der Waals surface area contributed by atoms with Gasteiger partial charge < -0.3 is 10.1 Å². The lowest BCUT2D eigenvalue weighted by Gasteiger charge is -2.29. The van der Waals surface area contributed by atoms with Crippen molar-refractivity contribution in [2.75, 3.05) is 6.61 Å². The Kier molecular flexibility index (Phi) is 7.37. The van der Waals surface area contributed by atoms with Gasteiger partial charge in [-0.25, -0.2) is 0 Å². The van der Waals surface area contributed by atoms with E-state index >= 15 is 0 Å². The van der Waals surface area contributed by atoms with Gasteiger partial charge in [-0.15, -0.1) is 0 Å². The highest BCUT2D eigenvalue weighted by molar-refractivity contribution is 5.97. The molecule has 26 heavy (non-hydrogen) atoms. The van der Waals surface area contributed by atoms with Gasteiger partial charge in [0.1, 0.15) is 0 Å². The first-order chi connectivity index (χ1) is 12.4. The third-order valence-electron chi connectivity index (χ3n) is 5.21. The second kappa shape index (κ2) is 9.51. The van der Waals surface area contributed by atoms with Gasteiger partial charge in [0.05, 0.1) is 6.42 Å². The molecule has 1 N–H and O–H groups in total. The van der Waals surface area contributed by atoms with Gasteiger partial charge in [0, 0.05) is 18.0 Å². The van der Waals surface area contributed by atoms with Crippen molar-refractivity contribution in [3.8, 4) is 0 Å². The summed E-state index contributed by atoms with van der Waals surface area (Å²) in [5.41, 5.74) is 2.77. The predicted octanol–water partition coefficient (Wildman–Crippen LogP) is 3.50. The van der Waals surface area contributed by atoms with E-state index in [0.717, 1.165) is 30.4 Å². The van der Waals surface area contributed by atoms with Crippen LogP contribution in [0.5, 0.6) is 0 Å². The number of nitrogens with one attached hydrogen (secondary N) is 1. The quantitative estimate of drug-likeness (QED) is 0.597. The molecule has 0 unspecified atom stereocenters. The number of carbonyl (C=O) groups excluding carboxylic acids is 3. The van der Waals surface area contributed by atoms with Gasteiger partial charge in [-0.1, -0.05) is 31.9 Å². The van der Waals surface area contributed by atoms with E-state index in [2.05, 4.69) is 12.2 Å². The molecule has 0 saturated heterocycles. The number of ketones is 1. The molecule has 0 radical (unpaired) electrons. The zero-order chi connectivity index (χ0) is 19.1. The molecule has 0 aromatic heterocycles. The van der Waals surface area contributed by atoms with Gasteiger partial charge in [0.15, 0.2) is 12.4 Å². The summed E-state index contributed by atoms with van der Waals surface area (Å²) in [6.07, 6.45) is 4.49. The van der Waals surface area contributed by atoms with Crippen LogP contribution >= 0.6 is 0 Å². The molecule has 1 fully saturated rings. The smallest absolute Gasteiger partial charge is 0.306 e. The highest BCUT2D eigenvalue weighted by Crippen LogP contribution is 2.23. The first-order valence-corrected chi connectivity index (χ1v) is 9.42. The fourth-order valence-electron chi connectivity index (χ4n) is 3.27. The van der Waals surface area contributed by atoms with Crippen molar-refractivity contribution in [3.63, 3.8) is 0 Å². The minimum atomic E-state index is -0.519. The van der Waals surface area contributed by atoms with Gasteiger partial charge in [-0.05, 0) is 49.8 Å². The Morgan fingerprint density at radius 2 is 1.81 bits per heavy atom. The van der Waals surface area contributed by atoms with E-state index < -0.39 is 5.97 Å². The van der Waals surface area contributed by atoms with E-state index in [1.165, 1.54) is 6.42 Å². The van der Waals surface area contributed by atoms with Crippen molar-refractivity contribution < 1.29 is 19.1 Å². The summed E-state index contributed by atoms with van der Waals surface area (Å²) in [4.78, 5) is 35.9. The minimum absolute atomic E-state index is 0.0150. The van der Waals surface area contributed by atoms with Gasteiger partial charge in [0.25, 0.3) is 5.91 Å². The molecule has 0 aliphatic heterocycles. The number of rotatable bonds is 7. The zero-order valence-electron chi connectivity index (χ0n) is 16.0. The first kappa shape index (κ1) is 20.1. The van der Waals surface area contributed by atoms with Crippen LogP contribution in [0.2, 0.25) is 0 Å². The predicted molar refractivity (Wildman–Crippen MR) is 100 cm³/mol. The Morgan fingerprint density at radius 3 is 2.50 bits per heavy atom. The Hall–Kier alpha value is -2.17. The van der Waals surface area contributed by atoms with E-state index in [0.29, 0.717) is 11.5 Å². The molecule has 1 aliphatic carbocycles. The van der Waals surface area contributed by atoms with Crippen molar-refractivity contribution >= 4 is 17.7 Å². The topological polar surface area (TPSA) is 72.5 Å². The van der Waals surface area contributed by atoms with Crippen LogP contribution in [0.1, 0.15) is 66.9 Å². The highest BCUT2D eigenvalue weighted by Gasteiger charge is 2.23. The van der Waals surface area contributed by atoms with Crippen LogP contribution in [0, 0.1) is 19.8 Å². The average Bonchev–Trinajstić information content (AvgIpc) is 2.62. The lowest BCUT2D eigenvalue weighted by Crippen LogP contribution is -2.42. The van der Waals surface area contributed by atoms with Crippen molar-refractivity contribution in [2.24, 2.45) is 5.92 Å². The molecule has 1 aliphatic rings. The largest absolute Gasteiger partial charge is 0.456 e. The molecule has 142 valence electrons. The molecule has 1 aromatic carbocycles. The fourth-order valence-corrected chi connectivity index (χ4v) is 3.27. The van der Waals surface area contributed by atoms with Crippen molar-refractivity contribution in [1.29, 1.82) is 0 Å². The molecule has 0 bridgehead atoms. The van der Waals surface area contributed by atoms with Gasteiger partial charge in [-0.2, -0.15) is 0 Å². The van der Waals surface area contributed by atoms with Gasteiger partial charge in [-0.3, -0.25) is 14.4 Å². The number of ether oxygens (including phenoxy) is 1. The Bertz CT molecular complexity index is 668. The summed E-state index contributed by atoms with van der Waals surface area (Å²) < 4.78 is 5.01. The second-order valence-corrected chi connectivity index (χ2v) is 7.32. The van der Waals surface area contributed by atoms with Crippen molar-refractivity contribution in [2.45, 2.75) is 65.3 Å². The number of hydrogen-bond donors (Lipinski definition) is 1. The van der Waals surface area contributed by atoms with E-state index in [-0.39, 0.29) is 37.2 Å². The lowest BCUT2D eigenvalue weighted by molar-refractivity contribution is -0.148. The fraction of sp³-hybridized carbons (Fsp3) is 0.571. The molecular formula is C21H29NO4. The second-order valence-electron chi connectivity index (χ2n) is 7.32. The van der Waals surface area contributed by atoms with Crippen LogP contribution in [-0.4, -0.2) is 30.3 Å². The minimum Gasteiger partial charge on any atom is -0.456 e. The molecule has 1 amide bonds. The van der Waals surface area contributed by atoms with Crippen LogP contribution in [0.4, 0.5) is 0 Å². The molecule has 1 saturated carbocycles.